The number of hydrogen-bond donors (Lipinski definition) is 0. The summed E-state index contributed by atoms with van der Waals surface area (Å²) in [4.78, 5) is 0. The molecule has 0 saturated carbocycles. The lowest BCUT2D eigenvalue weighted by Gasteiger charge is -2.32. The van der Waals surface area contributed by atoms with Crippen molar-refractivity contribution in [2.24, 2.45) is 10.2 Å². The fourth-order valence-electron chi connectivity index (χ4n) is 1.80. The zero-order chi connectivity index (χ0) is 14.3. The summed E-state index contributed by atoms with van der Waals surface area (Å²) in [6.07, 6.45) is -10.7. The highest BCUT2D eigenvalue weighted by Crippen LogP contribution is 2.55. The zero-order valence-corrected chi connectivity index (χ0v) is 9.13. The second-order valence-corrected chi connectivity index (χ2v) is 3.83. The number of alkyl halides is 6. The fourth-order valence-corrected chi connectivity index (χ4v) is 1.80. The van der Waals surface area contributed by atoms with Gasteiger partial charge >= 0.3 is 12.4 Å². The molecule has 0 N–H and O–H groups in total. The molecular weight excluding hydrogens is 274 g/mol. The van der Waals surface area contributed by atoms with Gasteiger partial charge in [-0.1, -0.05) is 30.3 Å². The highest BCUT2D eigenvalue weighted by Gasteiger charge is 2.75. The minimum Gasteiger partial charge on any atom is -0.167 e. The molecule has 1 aliphatic heterocycles. The third kappa shape index (κ3) is 1.91. The van der Waals surface area contributed by atoms with Crippen molar-refractivity contribution in [3.05, 3.63) is 42.1 Å². The summed E-state index contributed by atoms with van der Waals surface area (Å²) in [6.45, 7) is 0. The average Bonchev–Trinajstić information content (AvgIpc) is 2.74. The third-order valence-electron chi connectivity index (χ3n) is 2.69. The molecule has 102 valence electrons. The number of rotatable bonds is 1. The van der Waals surface area contributed by atoms with Crippen LogP contribution >= 0.6 is 0 Å². The van der Waals surface area contributed by atoms with Crippen LogP contribution in [0.2, 0.25) is 0 Å². The van der Waals surface area contributed by atoms with Gasteiger partial charge < -0.3 is 0 Å². The van der Waals surface area contributed by atoms with Crippen LogP contribution in [-0.2, 0) is 0 Å². The maximum Gasteiger partial charge on any atom is 0.428 e. The van der Waals surface area contributed by atoms with Crippen LogP contribution in [0.15, 0.2) is 46.8 Å². The van der Waals surface area contributed by atoms with Crippen LogP contribution in [0.1, 0.15) is 5.56 Å². The lowest BCUT2D eigenvalue weighted by Crippen LogP contribution is -2.55. The molecule has 0 spiro atoms. The molecule has 2 nitrogen and oxygen atoms in total. The molecule has 1 heterocycles. The van der Waals surface area contributed by atoms with Crippen LogP contribution in [0.3, 0.4) is 0 Å². The Bertz CT molecular complexity index is 512. The Labute approximate surface area is 103 Å². The molecule has 0 amide bonds. The minimum atomic E-state index is -5.62. The molecule has 0 unspecified atom stereocenters. The van der Waals surface area contributed by atoms with E-state index in [1.54, 1.807) is 0 Å². The number of hydrogen-bond acceptors (Lipinski definition) is 2. The first kappa shape index (κ1) is 13.6. The quantitative estimate of drug-likeness (QED) is 0.683. The van der Waals surface area contributed by atoms with Gasteiger partial charge in [-0.05, 0) is 5.56 Å². The Kier molecular flexibility index (Phi) is 2.91. The van der Waals surface area contributed by atoms with Gasteiger partial charge in [0, 0.05) is 5.57 Å². The van der Waals surface area contributed by atoms with Gasteiger partial charge in [0.25, 0.3) is 5.54 Å². The molecular formula is C11H6F6N2. The predicted molar refractivity (Wildman–Crippen MR) is 54.1 cm³/mol. The van der Waals surface area contributed by atoms with E-state index in [0.29, 0.717) is 6.20 Å². The van der Waals surface area contributed by atoms with Crippen LogP contribution < -0.4 is 0 Å². The predicted octanol–water partition coefficient (Wildman–Crippen LogP) is 4.36. The molecule has 19 heavy (non-hydrogen) atoms. The van der Waals surface area contributed by atoms with Gasteiger partial charge in [0.05, 0.1) is 6.20 Å². The van der Waals surface area contributed by atoms with Crippen LogP contribution in [0.4, 0.5) is 26.3 Å². The first-order chi connectivity index (χ1) is 8.70. The lowest BCUT2D eigenvalue weighted by atomic mass is 9.85. The van der Waals surface area contributed by atoms with Crippen molar-refractivity contribution in [3.8, 4) is 0 Å². The lowest BCUT2D eigenvalue weighted by molar-refractivity contribution is -0.274. The van der Waals surface area contributed by atoms with Gasteiger partial charge in [-0.15, -0.1) is 0 Å². The van der Waals surface area contributed by atoms with E-state index in [2.05, 4.69) is 10.2 Å². The first-order valence-corrected chi connectivity index (χ1v) is 5.02. The van der Waals surface area contributed by atoms with Gasteiger partial charge in [0.15, 0.2) is 0 Å². The van der Waals surface area contributed by atoms with E-state index < -0.39 is 23.5 Å². The van der Waals surface area contributed by atoms with Crippen molar-refractivity contribution in [3.63, 3.8) is 0 Å². The maximum atomic E-state index is 12.9. The van der Waals surface area contributed by atoms with Gasteiger partial charge in [-0.3, -0.25) is 0 Å². The largest absolute Gasteiger partial charge is 0.428 e. The van der Waals surface area contributed by atoms with E-state index in [-0.39, 0.29) is 5.56 Å². The van der Waals surface area contributed by atoms with Gasteiger partial charge in [-0.2, -0.15) is 36.6 Å². The molecule has 0 radical (unpaired) electrons. The molecule has 0 atom stereocenters. The highest BCUT2D eigenvalue weighted by atomic mass is 19.4. The molecule has 1 aromatic rings. The van der Waals surface area contributed by atoms with Crippen molar-refractivity contribution in [1.29, 1.82) is 0 Å². The number of halogens is 6. The molecule has 1 aliphatic rings. The summed E-state index contributed by atoms with van der Waals surface area (Å²) in [5.41, 5.74) is -5.53. The summed E-state index contributed by atoms with van der Waals surface area (Å²) < 4.78 is 77.6. The summed E-state index contributed by atoms with van der Waals surface area (Å²) in [5.74, 6) is 0. The summed E-state index contributed by atoms with van der Waals surface area (Å²) in [7, 11) is 0. The highest BCUT2D eigenvalue weighted by molar-refractivity contribution is 5.76. The molecule has 2 rings (SSSR count). The van der Waals surface area contributed by atoms with E-state index in [0.717, 1.165) is 12.1 Å². The maximum absolute atomic E-state index is 12.9. The Balaban J connectivity index is 2.63. The van der Waals surface area contributed by atoms with E-state index in [9.17, 15) is 26.3 Å². The molecule has 0 saturated heterocycles. The average molecular weight is 280 g/mol. The molecule has 0 fully saturated rings. The third-order valence-corrected chi connectivity index (χ3v) is 2.69. The monoisotopic (exact) mass is 280 g/mol. The van der Waals surface area contributed by atoms with E-state index in [1.165, 1.54) is 18.2 Å². The number of nitrogens with zero attached hydrogens (tertiary/aromatic N) is 2. The van der Waals surface area contributed by atoms with Crippen LogP contribution in [-0.4, -0.2) is 17.9 Å². The standard InChI is InChI=1S/C11H6F6N2/c12-10(13,14)9(11(15,16)17)8(6-18-19-9)7-4-2-1-3-5-7/h1-6H. The smallest absolute Gasteiger partial charge is 0.167 e. The topological polar surface area (TPSA) is 24.7 Å². The molecule has 0 aromatic heterocycles. The number of benzene rings is 1. The fraction of sp³-hybridized carbons (Fsp3) is 0.273. The molecule has 0 bridgehead atoms. The van der Waals surface area contributed by atoms with Crippen LogP contribution in [0, 0.1) is 0 Å². The van der Waals surface area contributed by atoms with Gasteiger partial charge in [0.1, 0.15) is 0 Å². The molecule has 8 heteroatoms. The van der Waals surface area contributed by atoms with E-state index in [4.69, 9.17) is 0 Å². The summed E-state index contributed by atoms with van der Waals surface area (Å²) >= 11 is 0. The van der Waals surface area contributed by atoms with Crippen molar-refractivity contribution in [2.45, 2.75) is 17.9 Å². The normalized spacial score (nSPS) is 18.5. The van der Waals surface area contributed by atoms with Crippen molar-refractivity contribution in [1.82, 2.24) is 0 Å². The number of azo groups is 1. The van der Waals surface area contributed by atoms with E-state index in [1.807, 2.05) is 0 Å². The molecule has 0 aliphatic carbocycles. The van der Waals surface area contributed by atoms with Crippen LogP contribution in [0.25, 0.3) is 5.57 Å². The Hall–Kier alpha value is -1.86. The zero-order valence-electron chi connectivity index (χ0n) is 9.13. The Morgan fingerprint density at radius 2 is 1.37 bits per heavy atom. The Morgan fingerprint density at radius 3 is 1.84 bits per heavy atom. The van der Waals surface area contributed by atoms with Crippen molar-refractivity contribution < 1.29 is 26.3 Å². The van der Waals surface area contributed by atoms with Gasteiger partial charge in [-0.25, -0.2) is 0 Å². The summed E-state index contributed by atoms with van der Waals surface area (Å²) in [6, 6.07) is 6.46. The van der Waals surface area contributed by atoms with Crippen molar-refractivity contribution in [2.75, 3.05) is 0 Å². The second-order valence-electron chi connectivity index (χ2n) is 3.83. The van der Waals surface area contributed by atoms with Crippen molar-refractivity contribution >= 4 is 5.57 Å². The Morgan fingerprint density at radius 1 is 0.842 bits per heavy atom. The van der Waals surface area contributed by atoms with E-state index >= 15 is 0 Å². The SMILES string of the molecule is FC(F)(F)C1(C(F)(F)F)N=NC=C1c1ccccc1. The van der Waals surface area contributed by atoms with Gasteiger partial charge in [0.2, 0.25) is 0 Å². The minimum absolute atomic E-state index is 0.220. The second kappa shape index (κ2) is 4.07. The first-order valence-electron chi connectivity index (χ1n) is 5.02. The molecule has 1 aromatic carbocycles. The summed E-state index contributed by atoms with van der Waals surface area (Å²) in [5, 5.41) is 5.30. The van der Waals surface area contributed by atoms with Crippen LogP contribution in [0.5, 0.6) is 0 Å².